The van der Waals surface area contributed by atoms with Crippen LogP contribution in [0.2, 0.25) is 0 Å². The van der Waals surface area contributed by atoms with Crippen molar-refractivity contribution in [1.82, 2.24) is 4.57 Å². The molecule has 3 nitrogen and oxygen atoms in total. The van der Waals surface area contributed by atoms with Crippen LogP contribution in [0.4, 0.5) is 17.1 Å². The van der Waals surface area contributed by atoms with E-state index >= 15 is 0 Å². The lowest BCUT2D eigenvalue weighted by Crippen LogP contribution is -2.10. The third-order valence-electron chi connectivity index (χ3n) is 11.6. The first kappa shape index (κ1) is 32.8. The highest BCUT2D eigenvalue weighted by Gasteiger charge is 2.21. The van der Waals surface area contributed by atoms with Crippen molar-refractivity contribution in [1.29, 1.82) is 0 Å². The molecule has 0 saturated carbocycles. The number of thiophene rings is 1. The summed E-state index contributed by atoms with van der Waals surface area (Å²) in [7, 11) is 0. The number of anilines is 3. The van der Waals surface area contributed by atoms with E-state index in [9.17, 15) is 0 Å². The van der Waals surface area contributed by atoms with Crippen molar-refractivity contribution in [3.63, 3.8) is 0 Å². The molecule has 0 fully saturated rings. The van der Waals surface area contributed by atoms with Gasteiger partial charge in [-0.3, -0.25) is 0 Å². The number of furan rings is 1. The monoisotopic (exact) mass is 758 g/mol. The lowest BCUT2D eigenvalue weighted by atomic mass is 10.0. The van der Waals surface area contributed by atoms with Crippen LogP contribution in [0.25, 0.3) is 91.9 Å². The predicted molar refractivity (Wildman–Crippen MR) is 247 cm³/mol. The Balaban J connectivity index is 1.01. The Kier molecular flexibility index (Phi) is 7.40. The van der Waals surface area contributed by atoms with E-state index in [1.165, 1.54) is 53.1 Å². The average Bonchev–Trinajstić information content (AvgIpc) is 3.97. The van der Waals surface area contributed by atoms with Gasteiger partial charge < -0.3 is 13.9 Å². The van der Waals surface area contributed by atoms with Gasteiger partial charge in [0.25, 0.3) is 0 Å². The average molecular weight is 759 g/mol. The van der Waals surface area contributed by atoms with E-state index in [4.69, 9.17) is 4.42 Å². The number of hydrogen-bond donors (Lipinski definition) is 0. The molecular formula is C54H34N2OS. The number of para-hydroxylation sites is 4. The highest BCUT2D eigenvalue weighted by molar-refractivity contribution is 7.25. The van der Waals surface area contributed by atoms with Gasteiger partial charge >= 0.3 is 0 Å². The summed E-state index contributed by atoms with van der Waals surface area (Å²) in [5.74, 6) is 0. The Hall–Kier alpha value is -7.40. The van der Waals surface area contributed by atoms with Crippen LogP contribution in [0.1, 0.15) is 0 Å². The summed E-state index contributed by atoms with van der Waals surface area (Å²) in [6.45, 7) is 0. The largest absolute Gasteiger partial charge is 0.454 e. The third-order valence-corrected chi connectivity index (χ3v) is 12.7. The third kappa shape index (κ3) is 5.19. The molecule has 0 atom stereocenters. The maximum Gasteiger partial charge on any atom is 0.159 e. The van der Waals surface area contributed by atoms with Crippen molar-refractivity contribution in [3.8, 4) is 27.9 Å². The molecule has 0 unspecified atom stereocenters. The smallest absolute Gasteiger partial charge is 0.159 e. The number of fused-ring (bicyclic) bond motifs is 9. The van der Waals surface area contributed by atoms with Crippen LogP contribution in [0.15, 0.2) is 211 Å². The zero-order chi connectivity index (χ0) is 38.2. The van der Waals surface area contributed by atoms with E-state index < -0.39 is 0 Å². The molecule has 12 rings (SSSR count). The lowest BCUT2D eigenvalue weighted by Gasteiger charge is -2.26. The summed E-state index contributed by atoms with van der Waals surface area (Å²) in [5.41, 5.74) is 13.0. The van der Waals surface area contributed by atoms with E-state index in [-0.39, 0.29) is 0 Å². The maximum atomic E-state index is 6.67. The molecule has 0 saturated heterocycles. The quantitative estimate of drug-likeness (QED) is 0.168. The van der Waals surface area contributed by atoms with Gasteiger partial charge in [0.05, 0.1) is 16.7 Å². The van der Waals surface area contributed by atoms with E-state index in [1.54, 1.807) is 0 Å². The fraction of sp³-hybridized carbons (Fsp3) is 0. The highest BCUT2D eigenvalue weighted by Crippen LogP contribution is 2.44. The van der Waals surface area contributed by atoms with Crippen LogP contribution < -0.4 is 4.90 Å². The zero-order valence-corrected chi connectivity index (χ0v) is 32.2. The summed E-state index contributed by atoms with van der Waals surface area (Å²) < 4.78 is 11.7. The van der Waals surface area contributed by atoms with Crippen molar-refractivity contribution in [2.75, 3.05) is 4.90 Å². The summed E-state index contributed by atoms with van der Waals surface area (Å²) in [5, 5.41) is 7.32. The molecule has 3 aromatic heterocycles. The van der Waals surface area contributed by atoms with Gasteiger partial charge in [-0.1, -0.05) is 127 Å². The Labute approximate surface area is 338 Å². The minimum atomic E-state index is 0.863. The molecule has 3 heterocycles. The van der Waals surface area contributed by atoms with Gasteiger partial charge in [0.2, 0.25) is 0 Å². The molecule has 9 aromatic carbocycles. The maximum absolute atomic E-state index is 6.67. The van der Waals surface area contributed by atoms with E-state index in [2.05, 4.69) is 210 Å². The van der Waals surface area contributed by atoms with Gasteiger partial charge in [-0.25, -0.2) is 0 Å². The highest BCUT2D eigenvalue weighted by atomic mass is 32.1. The van der Waals surface area contributed by atoms with Crippen LogP contribution in [0, 0.1) is 0 Å². The molecule has 0 N–H and O–H groups in total. The molecule has 4 heteroatoms. The number of hydrogen-bond acceptors (Lipinski definition) is 3. The number of rotatable bonds is 6. The van der Waals surface area contributed by atoms with Gasteiger partial charge in [-0.2, -0.15) is 0 Å². The molecule has 0 aliphatic rings. The topological polar surface area (TPSA) is 21.3 Å². The fourth-order valence-corrected chi connectivity index (χ4v) is 9.96. The van der Waals surface area contributed by atoms with Crippen molar-refractivity contribution < 1.29 is 4.42 Å². The summed E-state index contributed by atoms with van der Waals surface area (Å²) in [6, 6.07) is 74.4. The van der Waals surface area contributed by atoms with Gasteiger partial charge in [0.1, 0.15) is 5.58 Å². The van der Waals surface area contributed by atoms with Crippen LogP contribution >= 0.6 is 11.3 Å². The Bertz CT molecular complexity index is 3520. The standard InChI is InChI=1S/C54H34N2OS/c1-2-13-39(14-3-1)56-48-20-7-4-16-42(48)43-30-26-38(34-50(43)56)36-12-10-15-41(32-36)55(49-21-11-19-46-44-17-5-8-22-51(44)57-54(46)49)40-28-24-35(25-29-40)37-27-31-53-47(33-37)45-18-6-9-23-52(45)58-53/h1-34H. The molecule has 12 aromatic rings. The Morgan fingerprint density at radius 1 is 0.379 bits per heavy atom. The molecule has 0 spiro atoms. The summed E-state index contributed by atoms with van der Waals surface area (Å²) in [6.07, 6.45) is 0. The van der Waals surface area contributed by atoms with Crippen LogP contribution in [0.3, 0.4) is 0 Å². The Morgan fingerprint density at radius 2 is 1.03 bits per heavy atom. The zero-order valence-electron chi connectivity index (χ0n) is 31.3. The molecule has 0 bridgehead atoms. The first-order valence-corrected chi connectivity index (χ1v) is 20.5. The Morgan fingerprint density at radius 3 is 1.93 bits per heavy atom. The van der Waals surface area contributed by atoms with Crippen molar-refractivity contribution in [3.05, 3.63) is 206 Å². The molecule has 272 valence electrons. The van der Waals surface area contributed by atoms with Crippen LogP contribution in [0.5, 0.6) is 0 Å². The SMILES string of the molecule is c1ccc(-n2c3ccccc3c3ccc(-c4cccc(N(c5ccc(-c6ccc7sc8ccccc8c7c6)cc5)c5cccc6c5oc5ccccc56)c4)cc32)cc1. The van der Waals surface area contributed by atoms with Gasteiger partial charge in [0, 0.05) is 58.8 Å². The first-order chi connectivity index (χ1) is 28.7. The predicted octanol–water partition coefficient (Wildman–Crippen LogP) is 15.9. The van der Waals surface area contributed by atoms with Gasteiger partial charge in [-0.15, -0.1) is 11.3 Å². The van der Waals surface area contributed by atoms with Gasteiger partial charge in [0.15, 0.2) is 5.58 Å². The fourth-order valence-electron chi connectivity index (χ4n) is 8.87. The second kappa shape index (κ2) is 13.1. The van der Waals surface area contributed by atoms with Crippen LogP contribution in [-0.4, -0.2) is 4.57 Å². The minimum Gasteiger partial charge on any atom is -0.454 e. The van der Waals surface area contributed by atoms with E-state index in [0.29, 0.717) is 0 Å². The van der Waals surface area contributed by atoms with E-state index in [1.807, 2.05) is 17.4 Å². The summed E-state index contributed by atoms with van der Waals surface area (Å²) in [4.78, 5) is 2.34. The molecule has 0 radical (unpaired) electrons. The molecule has 0 aliphatic carbocycles. The first-order valence-electron chi connectivity index (χ1n) is 19.7. The lowest BCUT2D eigenvalue weighted by molar-refractivity contribution is 0.669. The number of benzene rings is 9. The number of nitrogens with zero attached hydrogens (tertiary/aromatic N) is 2. The van der Waals surface area contributed by atoms with Crippen molar-refractivity contribution in [2.45, 2.75) is 0 Å². The second-order valence-electron chi connectivity index (χ2n) is 14.9. The normalized spacial score (nSPS) is 11.8. The molecular weight excluding hydrogens is 725 g/mol. The second-order valence-corrected chi connectivity index (χ2v) is 16.0. The van der Waals surface area contributed by atoms with E-state index in [0.717, 1.165) is 55.8 Å². The van der Waals surface area contributed by atoms with Crippen molar-refractivity contribution in [2.24, 2.45) is 0 Å². The molecule has 0 amide bonds. The summed E-state index contributed by atoms with van der Waals surface area (Å²) >= 11 is 1.85. The van der Waals surface area contributed by atoms with Crippen molar-refractivity contribution >= 4 is 92.3 Å². The molecule has 58 heavy (non-hydrogen) atoms. The molecule has 0 aliphatic heterocycles. The minimum absolute atomic E-state index is 0.863. The van der Waals surface area contributed by atoms with Crippen LogP contribution in [-0.2, 0) is 0 Å². The van der Waals surface area contributed by atoms with Gasteiger partial charge in [-0.05, 0) is 101 Å². The number of aromatic nitrogens is 1.